The first-order valence-corrected chi connectivity index (χ1v) is 16.6. The molecule has 0 unspecified atom stereocenters. The molecular weight excluding hydrogens is 479 g/mol. The zero-order valence-corrected chi connectivity index (χ0v) is 19.9. The van der Waals surface area contributed by atoms with Crippen molar-refractivity contribution >= 4 is 65.0 Å². The molecule has 6 aromatic carbocycles. The van der Waals surface area contributed by atoms with Gasteiger partial charge in [0.2, 0.25) is 0 Å². The van der Waals surface area contributed by atoms with Crippen LogP contribution in [0.1, 0.15) is 0 Å². The Labute approximate surface area is 185 Å². The molecule has 0 aromatic heterocycles. The van der Waals surface area contributed by atoms with Crippen LogP contribution in [0.2, 0.25) is 0 Å². The Morgan fingerprint density at radius 3 is 1.16 bits per heavy atom. The van der Waals surface area contributed by atoms with Crippen LogP contribution in [0, 0.1) is 0 Å². The van der Waals surface area contributed by atoms with Gasteiger partial charge in [0.15, 0.2) is 0 Å². The maximum absolute atomic E-state index is 3.45. The fraction of sp³-hybridized carbons (Fsp3) is 0. The summed E-state index contributed by atoms with van der Waals surface area (Å²) in [5, 5.41) is 8.53. The molecule has 0 saturated carbocycles. The minimum absolute atomic E-state index is 1.37. The third-order valence-electron chi connectivity index (χ3n) is 7.11. The number of hydrogen-bond donors (Lipinski definition) is 0. The average Bonchev–Trinajstić information content (AvgIpc) is 3.17. The van der Waals surface area contributed by atoms with Gasteiger partial charge < -0.3 is 0 Å². The minimum atomic E-state index is -3.45. The molecule has 0 bridgehead atoms. The Hall–Kier alpha value is -3.10. The monoisotopic (exact) mass is 500 g/mol. The maximum atomic E-state index is 2.44. The first-order chi connectivity index (χ1) is 15.4. The predicted molar refractivity (Wildman–Crippen MR) is 136 cm³/mol. The van der Waals surface area contributed by atoms with Crippen molar-refractivity contribution < 1.29 is 0 Å². The number of rotatable bonds is 2. The topological polar surface area (TPSA) is 0 Å². The van der Waals surface area contributed by atoms with Crippen molar-refractivity contribution in [1.29, 1.82) is 0 Å². The van der Waals surface area contributed by atoms with Gasteiger partial charge in [-0.25, -0.2) is 0 Å². The van der Waals surface area contributed by atoms with Crippen molar-refractivity contribution in [2.45, 2.75) is 0 Å². The zero-order valence-electron chi connectivity index (χ0n) is 17.0. The Bertz CT molecular complexity index is 1490. The molecule has 1 aliphatic rings. The van der Waals surface area contributed by atoms with Gasteiger partial charge in [0.05, 0.1) is 0 Å². The quantitative estimate of drug-likeness (QED) is 0.236. The van der Waals surface area contributed by atoms with Crippen LogP contribution in [0.4, 0.5) is 0 Å². The van der Waals surface area contributed by atoms with Crippen LogP contribution in [0.15, 0.2) is 121 Å². The molecule has 0 aliphatic carbocycles. The molecule has 31 heavy (non-hydrogen) atoms. The molecule has 0 nitrogen and oxygen atoms in total. The van der Waals surface area contributed by atoms with Gasteiger partial charge >= 0.3 is 186 Å². The van der Waals surface area contributed by atoms with E-state index in [0.29, 0.717) is 0 Å². The molecule has 1 aliphatic heterocycles. The summed E-state index contributed by atoms with van der Waals surface area (Å²) in [6.07, 6.45) is 0. The molecule has 6 aromatic rings. The van der Waals surface area contributed by atoms with E-state index in [4.69, 9.17) is 0 Å². The molecule has 0 radical (unpaired) electrons. The number of hydrogen-bond acceptors (Lipinski definition) is 0. The fourth-order valence-electron chi connectivity index (χ4n) is 5.98. The van der Waals surface area contributed by atoms with E-state index in [1.807, 2.05) is 0 Å². The molecule has 0 amide bonds. The summed E-state index contributed by atoms with van der Waals surface area (Å²) in [7, 11) is 0. The van der Waals surface area contributed by atoms with E-state index in [-0.39, 0.29) is 0 Å². The molecule has 0 fully saturated rings. The molecule has 1 heteroatoms. The normalized spacial score (nSPS) is 14.1. The molecule has 0 saturated heterocycles. The van der Waals surface area contributed by atoms with Gasteiger partial charge in [-0.15, -0.1) is 0 Å². The molecule has 144 valence electrons. The summed E-state index contributed by atoms with van der Waals surface area (Å²) in [4.78, 5) is 0. The number of fused-ring (bicyclic) bond motifs is 3. The standard InChI is InChI=1S/C18H10.2C6H5.Sn/c1-2-8-14-13(7-1)15-9-3-4-11-17(15)18-12-6-5-10-16(14)18;2*1-2-4-6-5-3-1;/h1-10H;2*1-5H;. The van der Waals surface area contributed by atoms with Crippen molar-refractivity contribution in [3.63, 3.8) is 0 Å². The Morgan fingerprint density at radius 1 is 0.323 bits per heavy atom. The molecule has 7 rings (SSSR count). The Balaban J connectivity index is 1.80. The summed E-state index contributed by atoms with van der Waals surface area (Å²) >= 11 is -3.45. The van der Waals surface area contributed by atoms with Gasteiger partial charge in [-0.05, 0) is 0 Å². The van der Waals surface area contributed by atoms with E-state index < -0.39 is 18.4 Å². The van der Waals surface area contributed by atoms with Crippen LogP contribution in [-0.4, -0.2) is 18.4 Å². The van der Waals surface area contributed by atoms with E-state index in [1.165, 1.54) is 39.5 Å². The van der Waals surface area contributed by atoms with Crippen molar-refractivity contribution in [2.24, 2.45) is 0 Å². The summed E-state index contributed by atoms with van der Waals surface area (Å²) in [5.74, 6) is 0. The van der Waals surface area contributed by atoms with Crippen LogP contribution >= 0.6 is 0 Å². The van der Waals surface area contributed by atoms with Gasteiger partial charge in [-0.3, -0.25) is 0 Å². The van der Waals surface area contributed by atoms with Gasteiger partial charge in [0.1, 0.15) is 0 Å². The zero-order chi connectivity index (χ0) is 20.4. The second kappa shape index (κ2) is 6.45. The van der Waals surface area contributed by atoms with E-state index in [1.54, 1.807) is 7.16 Å². The van der Waals surface area contributed by atoms with Gasteiger partial charge in [0.25, 0.3) is 0 Å². The van der Waals surface area contributed by atoms with Crippen molar-refractivity contribution in [3.05, 3.63) is 121 Å². The van der Waals surface area contributed by atoms with Crippen LogP contribution in [-0.2, 0) is 0 Å². The van der Waals surface area contributed by atoms with Crippen molar-refractivity contribution in [1.82, 2.24) is 0 Å². The van der Waals surface area contributed by atoms with E-state index >= 15 is 0 Å². The van der Waals surface area contributed by atoms with Crippen LogP contribution < -0.4 is 14.3 Å². The second-order valence-electron chi connectivity index (χ2n) is 8.48. The third-order valence-corrected chi connectivity index (χ3v) is 20.9. The van der Waals surface area contributed by atoms with E-state index in [0.717, 1.165) is 0 Å². The first kappa shape index (κ1) is 17.6. The van der Waals surface area contributed by atoms with E-state index in [9.17, 15) is 0 Å². The van der Waals surface area contributed by atoms with Gasteiger partial charge in [0, 0.05) is 0 Å². The third kappa shape index (κ3) is 2.16. The Kier molecular flexibility index (Phi) is 3.65. The second-order valence-corrected chi connectivity index (χ2v) is 19.1. The van der Waals surface area contributed by atoms with Crippen molar-refractivity contribution in [3.8, 4) is 0 Å². The summed E-state index contributed by atoms with van der Waals surface area (Å²) in [6, 6.07) is 45.7. The predicted octanol–water partition coefficient (Wildman–Crippen LogP) is 4.84. The summed E-state index contributed by atoms with van der Waals surface area (Å²) in [6.45, 7) is 0. The van der Waals surface area contributed by atoms with Crippen LogP contribution in [0.25, 0.3) is 32.3 Å². The van der Waals surface area contributed by atoms with Crippen LogP contribution in [0.3, 0.4) is 0 Å². The molecular formula is C30H20Sn. The molecule has 0 N–H and O–H groups in total. The summed E-state index contributed by atoms with van der Waals surface area (Å²) < 4.78 is 6.26. The van der Waals surface area contributed by atoms with Gasteiger partial charge in [-0.1, -0.05) is 0 Å². The first-order valence-electron chi connectivity index (χ1n) is 10.9. The SMILES string of the molecule is c1cc[c]([Sn]2([c]3ccccc3)[c]3cccc4c5ccccc5c5ccc[c]2c5c34)cc1. The number of benzene rings is 6. The van der Waals surface area contributed by atoms with Gasteiger partial charge in [-0.2, -0.15) is 0 Å². The molecule has 0 atom stereocenters. The van der Waals surface area contributed by atoms with Crippen molar-refractivity contribution in [2.75, 3.05) is 0 Å². The summed E-state index contributed by atoms with van der Waals surface area (Å²) in [5.41, 5.74) is 0. The fourth-order valence-corrected chi connectivity index (χ4v) is 20.9. The molecule has 1 heterocycles. The van der Waals surface area contributed by atoms with E-state index in [2.05, 4.69) is 121 Å². The molecule has 0 spiro atoms. The Morgan fingerprint density at radius 2 is 0.710 bits per heavy atom. The van der Waals surface area contributed by atoms with Crippen LogP contribution in [0.5, 0.6) is 0 Å². The average molecular weight is 499 g/mol.